The molecule has 2 rings (SSSR count). The van der Waals surface area contributed by atoms with Crippen LogP contribution in [0.25, 0.3) is 0 Å². The highest BCUT2D eigenvalue weighted by molar-refractivity contribution is 5.97. The van der Waals surface area contributed by atoms with Gasteiger partial charge in [0.15, 0.2) is 12.4 Å². The minimum Gasteiger partial charge on any atom is -0.482 e. The molecule has 0 amide bonds. The summed E-state index contributed by atoms with van der Waals surface area (Å²) in [5, 5.41) is 0. The second kappa shape index (κ2) is 7.77. The fourth-order valence-corrected chi connectivity index (χ4v) is 2.13. The number of hydrogen-bond acceptors (Lipinski definition) is 4. The molecule has 126 valence electrons. The van der Waals surface area contributed by atoms with Gasteiger partial charge in [-0.15, -0.1) is 0 Å². The van der Waals surface area contributed by atoms with Crippen LogP contribution in [0.1, 0.15) is 36.7 Å². The summed E-state index contributed by atoms with van der Waals surface area (Å²) in [5.74, 6) is 0.142. The number of ether oxygens (including phenoxy) is 2. The maximum Gasteiger partial charge on any atom is 0.344 e. The van der Waals surface area contributed by atoms with Crippen LogP contribution in [-0.2, 0) is 16.0 Å². The fourth-order valence-electron chi connectivity index (χ4n) is 2.13. The lowest BCUT2D eigenvalue weighted by molar-refractivity contribution is -0.157. The zero-order valence-electron chi connectivity index (χ0n) is 14.2. The first-order valence-electron chi connectivity index (χ1n) is 7.85. The number of Topliss-reactive ketones (excluding diaryl/α,β-unsaturated/α-hetero) is 1. The van der Waals surface area contributed by atoms with Gasteiger partial charge in [-0.05, 0) is 50.6 Å². The Bertz CT molecular complexity index is 682. The van der Waals surface area contributed by atoms with Crippen molar-refractivity contribution in [2.45, 2.75) is 32.8 Å². The van der Waals surface area contributed by atoms with Crippen LogP contribution < -0.4 is 4.74 Å². The van der Waals surface area contributed by atoms with E-state index in [0.717, 1.165) is 5.56 Å². The molecule has 0 N–H and O–H groups in total. The monoisotopic (exact) mass is 326 g/mol. The van der Waals surface area contributed by atoms with E-state index in [4.69, 9.17) is 9.47 Å². The molecule has 0 aliphatic carbocycles. The molecule has 0 aliphatic heterocycles. The van der Waals surface area contributed by atoms with E-state index in [2.05, 4.69) is 0 Å². The Labute approximate surface area is 142 Å². The van der Waals surface area contributed by atoms with Gasteiger partial charge in [-0.2, -0.15) is 0 Å². The highest BCUT2D eigenvalue weighted by Crippen LogP contribution is 2.15. The Balaban J connectivity index is 1.88. The third kappa shape index (κ3) is 5.88. The first-order valence-corrected chi connectivity index (χ1v) is 7.85. The highest BCUT2D eigenvalue weighted by atomic mass is 16.6. The normalized spacial score (nSPS) is 11.0. The van der Waals surface area contributed by atoms with Crippen LogP contribution in [0.3, 0.4) is 0 Å². The van der Waals surface area contributed by atoms with Gasteiger partial charge in [-0.3, -0.25) is 4.79 Å². The maximum atomic E-state index is 12.2. The molecule has 0 radical (unpaired) electrons. The number of benzene rings is 2. The van der Waals surface area contributed by atoms with Crippen molar-refractivity contribution in [1.82, 2.24) is 0 Å². The minimum absolute atomic E-state index is 0.0416. The number of hydrogen-bond donors (Lipinski definition) is 0. The van der Waals surface area contributed by atoms with Crippen LogP contribution in [0, 0.1) is 0 Å². The van der Waals surface area contributed by atoms with Gasteiger partial charge >= 0.3 is 5.97 Å². The van der Waals surface area contributed by atoms with E-state index in [-0.39, 0.29) is 12.4 Å². The van der Waals surface area contributed by atoms with Gasteiger partial charge in [-0.1, -0.05) is 30.3 Å². The predicted molar refractivity (Wildman–Crippen MR) is 92.3 cm³/mol. The van der Waals surface area contributed by atoms with Crippen LogP contribution >= 0.6 is 0 Å². The third-order valence-electron chi connectivity index (χ3n) is 3.16. The molecule has 24 heavy (non-hydrogen) atoms. The summed E-state index contributed by atoms with van der Waals surface area (Å²) in [6.07, 6.45) is 0.360. The molecule has 0 fully saturated rings. The first kappa shape index (κ1) is 17.7. The van der Waals surface area contributed by atoms with Gasteiger partial charge < -0.3 is 9.47 Å². The Morgan fingerprint density at radius 1 is 0.917 bits per heavy atom. The van der Waals surface area contributed by atoms with Crippen LogP contribution in [0.2, 0.25) is 0 Å². The molecule has 0 bridgehead atoms. The lowest BCUT2D eigenvalue weighted by Crippen LogP contribution is -2.27. The predicted octanol–water partition coefficient (Wildman–Crippen LogP) is 3.83. The van der Waals surface area contributed by atoms with Crippen molar-refractivity contribution in [3.05, 3.63) is 65.7 Å². The van der Waals surface area contributed by atoms with Gasteiger partial charge in [0.25, 0.3) is 0 Å². The second-order valence-corrected chi connectivity index (χ2v) is 6.49. The summed E-state index contributed by atoms with van der Waals surface area (Å²) in [4.78, 5) is 23.8. The average molecular weight is 326 g/mol. The summed E-state index contributed by atoms with van der Waals surface area (Å²) in [5.41, 5.74) is 1.06. The molecule has 4 nitrogen and oxygen atoms in total. The molecule has 4 heteroatoms. The number of ketones is 1. The second-order valence-electron chi connectivity index (χ2n) is 6.49. The molecule has 0 unspecified atom stereocenters. The van der Waals surface area contributed by atoms with Crippen molar-refractivity contribution in [3.63, 3.8) is 0 Å². The third-order valence-corrected chi connectivity index (χ3v) is 3.16. The molecular formula is C20H22O4. The summed E-state index contributed by atoms with van der Waals surface area (Å²) in [7, 11) is 0. The number of carbonyl (C=O) groups is 2. The molecule has 2 aromatic carbocycles. The lowest BCUT2D eigenvalue weighted by atomic mass is 10.0. The van der Waals surface area contributed by atoms with E-state index < -0.39 is 11.6 Å². The van der Waals surface area contributed by atoms with Crippen molar-refractivity contribution in [2.75, 3.05) is 6.61 Å². The highest BCUT2D eigenvalue weighted by Gasteiger charge is 2.16. The molecule has 2 aromatic rings. The van der Waals surface area contributed by atoms with Crippen molar-refractivity contribution >= 4 is 11.8 Å². The van der Waals surface area contributed by atoms with Gasteiger partial charge in [0, 0.05) is 12.0 Å². The Kier molecular flexibility index (Phi) is 5.74. The number of carbonyl (C=O) groups excluding carboxylic acids is 2. The van der Waals surface area contributed by atoms with Crippen LogP contribution in [0.5, 0.6) is 5.75 Å². The summed E-state index contributed by atoms with van der Waals surface area (Å²) >= 11 is 0. The molecule has 0 aliphatic rings. The van der Waals surface area contributed by atoms with Crippen molar-refractivity contribution < 1.29 is 19.1 Å². The largest absolute Gasteiger partial charge is 0.482 e. The van der Waals surface area contributed by atoms with E-state index in [9.17, 15) is 9.59 Å². The summed E-state index contributed by atoms with van der Waals surface area (Å²) in [6, 6.07) is 16.4. The quantitative estimate of drug-likeness (QED) is 0.598. The van der Waals surface area contributed by atoms with Crippen LogP contribution in [-0.4, -0.2) is 24.0 Å². The van der Waals surface area contributed by atoms with Crippen LogP contribution in [0.4, 0.5) is 0 Å². The van der Waals surface area contributed by atoms with Gasteiger partial charge in [-0.25, -0.2) is 4.79 Å². The smallest absolute Gasteiger partial charge is 0.344 e. The summed E-state index contributed by atoms with van der Waals surface area (Å²) in [6.45, 7) is 5.25. The zero-order chi connectivity index (χ0) is 17.6. The standard InChI is InChI=1S/C20H22O4/c1-20(2,3)24-19(22)14-23-17-11-9-16(10-12-17)18(21)13-15-7-5-4-6-8-15/h4-12H,13-14H2,1-3H3. The van der Waals surface area contributed by atoms with E-state index in [1.807, 2.05) is 30.3 Å². The van der Waals surface area contributed by atoms with E-state index in [1.165, 1.54) is 0 Å². The van der Waals surface area contributed by atoms with E-state index >= 15 is 0 Å². The van der Waals surface area contributed by atoms with Crippen LogP contribution in [0.15, 0.2) is 54.6 Å². The molecule has 0 saturated carbocycles. The molecule has 0 aromatic heterocycles. The molecular weight excluding hydrogens is 304 g/mol. The van der Waals surface area contributed by atoms with Gasteiger partial charge in [0.05, 0.1) is 0 Å². The summed E-state index contributed by atoms with van der Waals surface area (Å²) < 4.78 is 10.6. The lowest BCUT2D eigenvalue weighted by Gasteiger charge is -2.19. The minimum atomic E-state index is -0.534. The first-order chi connectivity index (χ1) is 11.3. The fraction of sp³-hybridized carbons (Fsp3) is 0.300. The Morgan fingerprint density at radius 3 is 2.12 bits per heavy atom. The van der Waals surface area contributed by atoms with Crippen molar-refractivity contribution in [1.29, 1.82) is 0 Å². The van der Waals surface area contributed by atoms with Crippen molar-refractivity contribution in [2.24, 2.45) is 0 Å². The molecule has 0 atom stereocenters. The Morgan fingerprint density at radius 2 is 1.54 bits per heavy atom. The van der Waals surface area contributed by atoms with Gasteiger partial charge in [0.1, 0.15) is 11.4 Å². The topological polar surface area (TPSA) is 52.6 Å². The molecule has 0 saturated heterocycles. The number of esters is 1. The number of rotatable bonds is 6. The average Bonchev–Trinajstić information content (AvgIpc) is 2.53. The van der Waals surface area contributed by atoms with Gasteiger partial charge in [0.2, 0.25) is 0 Å². The van der Waals surface area contributed by atoms with E-state index in [1.54, 1.807) is 45.0 Å². The Hall–Kier alpha value is -2.62. The van der Waals surface area contributed by atoms with Crippen molar-refractivity contribution in [3.8, 4) is 5.75 Å². The molecule has 0 heterocycles. The molecule has 0 spiro atoms. The SMILES string of the molecule is CC(C)(C)OC(=O)COc1ccc(C(=O)Cc2ccccc2)cc1. The maximum absolute atomic E-state index is 12.2. The zero-order valence-corrected chi connectivity index (χ0v) is 14.2. The van der Waals surface area contributed by atoms with E-state index in [0.29, 0.717) is 17.7 Å².